The van der Waals surface area contributed by atoms with E-state index in [0.717, 1.165) is 5.56 Å². The summed E-state index contributed by atoms with van der Waals surface area (Å²) >= 11 is 18.3. The summed E-state index contributed by atoms with van der Waals surface area (Å²) < 4.78 is 27.4. The Morgan fingerprint density at radius 1 is 1.09 bits per heavy atom. The lowest BCUT2D eigenvalue weighted by Crippen LogP contribution is -2.38. The van der Waals surface area contributed by atoms with Gasteiger partial charge in [0.05, 0.1) is 20.7 Å². The Morgan fingerprint density at radius 2 is 1.61 bits per heavy atom. The van der Waals surface area contributed by atoms with Crippen LogP contribution in [0.2, 0.25) is 0 Å². The van der Waals surface area contributed by atoms with E-state index in [4.69, 9.17) is 34.8 Å². The van der Waals surface area contributed by atoms with Crippen molar-refractivity contribution in [2.45, 2.75) is 30.5 Å². The number of carbonyl (C=O) groups excluding carboxylic acids is 1. The lowest BCUT2D eigenvalue weighted by atomic mass is 9.94. The molecule has 1 N–H and O–H groups in total. The number of rotatable bonds is 3. The predicted molar refractivity (Wildman–Crippen MR) is 92.2 cm³/mol. The van der Waals surface area contributed by atoms with Crippen LogP contribution in [0.3, 0.4) is 0 Å². The number of carbonyl (C=O) groups is 1. The molecular weight excluding hydrogens is 381 g/mol. The molecule has 1 aliphatic rings. The number of allylic oxidation sites excluding steroid dienone is 3. The third kappa shape index (κ3) is 3.29. The van der Waals surface area contributed by atoms with Gasteiger partial charge in [0, 0.05) is 0 Å². The first-order chi connectivity index (χ1) is 10.5. The van der Waals surface area contributed by atoms with Gasteiger partial charge in [0.25, 0.3) is 10.0 Å². The van der Waals surface area contributed by atoms with Gasteiger partial charge in [-0.25, -0.2) is 8.42 Å². The molecule has 0 aromatic heterocycles. The predicted octanol–water partition coefficient (Wildman–Crippen LogP) is 3.82. The molecule has 1 aromatic rings. The third-order valence-electron chi connectivity index (χ3n) is 3.53. The van der Waals surface area contributed by atoms with Gasteiger partial charge in [-0.1, -0.05) is 40.9 Å². The van der Waals surface area contributed by atoms with Crippen LogP contribution >= 0.6 is 34.8 Å². The van der Waals surface area contributed by atoms with Gasteiger partial charge in [-0.05, 0) is 38.5 Å². The molecule has 23 heavy (non-hydrogen) atoms. The number of hydrogen-bond donors (Lipinski definition) is 1. The monoisotopic (exact) mass is 393 g/mol. The molecular formula is C15H14Cl3NO3S. The number of Topliss-reactive ketones (excluding diaryl/α,β-unsaturated/α-hetero) is 1. The van der Waals surface area contributed by atoms with Crippen LogP contribution in [0.15, 0.2) is 50.5 Å². The zero-order valence-corrected chi connectivity index (χ0v) is 15.7. The van der Waals surface area contributed by atoms with E-state index >= 15 is 0 Å². The van der Waals surface area contributed by atoms with Crippen molar-refractivity contribution in [1.29, 1.82) is 0 Å². The average Bonchev–Trinajstić information content (AvgIpc) is 2.49. The molecule has 4 nitrogen and oxygen atoms in total. The van der Waals surface area contributed by atoms with E-state index in [1.54, 1.807) is 12.1 Å². The normalized spacial score (nSPS) is 22.6. The maximum Gasteiger partial charge on any atom is 0.261 e. The number of benzene rings is 1. The van der Waals surface area contributed by atoms with Crippen LogP contribution in [-0.4, -0.2) is 19.1 Å². The topological polar surface area (TPSA) is 63.2 Å². The second-order valence-electron chi connectivity index (χ2n) is 5.38. The van der Waals surface area contributed by atoms with Gasteiger partial charge < -0.3 is 0 Å². The molecule has 0 amide bonds. The smallest absolute Gasteiger partial charge is 0.261 e. The van der Waals surface area contributed by atoms with Crippen molar-refractivity contribution < 1.29 is 13.2 Å². The van der Waals surface area contributed by atoms with Crippen molar-refractivity contribution in [3.8, 4) is 0 Å². The fraction of sp³-hybridized carbons (Fsp3) is 0.267. The van der Waals surface area contributed by atoms with E-state index in [0.29, 0.717) is 0 Å². The summed E-state index contributed by atoms with van der Waals surface area (Å²) in [6.45, 7) is 4.72. The van der Waals surface area contributed by atoms with Crippen LogP contribution in [0.5, 0.6) is 0 Å². The lowest BCUT2D eigenvalue weighted by Gasteiger charge is -2.29. The highest BCUT2D eigenvalue weighted by Crippen LogP contribution is 2.41. The molecule has 0 saturated carbocycles. The second-order valence-corrected chi connectivity index (χ2v) is 8.57. The number of nitrogens with one attached hydrogen (secondary N) is 1. The van der Waals surface area contributed by atoms with Crippen molar-refractivity contribution in [3.05, 3.63) is 51.2 Å². The van der Waals surface area contributed by atoms with Crippen molar-refractivity contribution in [2.24, 2.45) is 0 Å². The van der Waals surface area contributed by atoms with Gasteiger partial charge in [0.2, 0.25) is 5.78 Å². The number of alkyl halides is 1. The van der Waals surface area contributed by atoms with Gasteiger partial charge in [-0.2, -0.15) is 0 Å². The van der Waals surface area contributed by atoms with E-state index in [2.05, 4.69) is 4.72 Å². The average molecular weight is 395 g/mol. The number of hydrogen-bond acceptors (Lipinski definition) is 3. The first-order valence-corrected chi connectivity index (χ1v) is 9.20. The molecule has 8 heteroatoms. The largest absolute Gasteiger partial charge is 0.291 e. The quantitative estimate of drug-likeness (QED) is 0.793. The Labute approximate surface area is 150 Å². The van der Waals surface area contributed by atoms with E-state index in [1.807, 2.05) is 6.92 Å². The fourth-order valence-corrected chi connectivity index (χ4v) is 4.01. The Bertz CT molecular complexity index is 837. The van der Waals surface area contributed by atoms with Crippen LogP contribution in [0.25, 0.3) is 0 Å². The number of halogens is 3. The summed E-state index contributed by atoms with van der Waals surface area (Å²) in [5, 5.41) is -0.254. The lowest BCUT2D eigenvalue weighted by molar-refractivity contribution is -0.116. The van der Waals surface area contributed by atoms with Crippen LogP contribution in [0.1, 0.15) is 19.4 Å². The van der Waals surface area contributed by atoms with Gasteiger partial charge in [-0.3, -0.25) is 9.52 Å². The van der Waals surface area contributed by atoms with Gasteiger partial charge in [0.15, 0.2) is 0 Å². The summed E-state index contributed by atoms with van der Waals surface area (Å²) in [6.07, 6.45) is 0. The summed E-state index contributed by atoms with van der Waals surface area (Å²) in [5.41, 5.74) is 1.18. The van der Waals surface area contributed by atoms with E-state index in [9.17, 15) is 13.2 Å². The van der Waals surface area contributed by atoms with E-state index in [-0.39, 0.29) is 26.2 Å². The maximum absolute atomic E-state index is 12.5. The number of ketones is 1. The summed E-state index contributed by atoms with van der Waals surface area (Å²) in [6, 6.07) is 6.30. The SMILES string of the molecule is CC1=C(Cl)C(=O)C(C)(Cl)C(Cl)=C1NS(=O)(=O)c1ccc(C)cc1. The molecule has 0 heterocycles. The van der Waals surface area contributed by atoms with Crippen LogP contribution in [-0.2, 0) is 14.8 Å². The van der Waals surface area contributed by atoms with E-state index in [1.165, 1.54) is 26.0 Å². The van der Waals surface area contributed by atoms with Gasteiger partial charge >= 0.3 is 0 Å². The zero-order valence-electron chi connectivity index (χ0n) is 12.6. The number of aryl methyl sites for hydroxylation is 1. The highest BCUT2D eigenvalue weighted by atomic mass is 35.5. The Kier molecular flexibility index (Phi) is 4.89. The minimum Gasteiger partial charge on any atom is -0.291 e. The first-order valence-electron chi connectivity index (χ1n) is 6.58. The molecule has 2 rings (SSSR count). The molecule has 0 bridgehead atoms. The maximum atomic E-state index is 12.5. The zero-order chi connectivity index (χ0) is 17.6. The molecule has 0 radical (unpaired) electrons. The number of sulfonamides is 1. The minimum absolute atomic E-state index is 0.0225. The summed E-state index contributed by atoms with van der Waals surface area (Å²) in [7, 11) is -3.89. The molecule has 1 aromatic carbocycles. The standard InChI is InChI=1S/C15H14Cl3NO3S/c1-8-4-6-10(7-5-8)23(21,22)19-12-9(2)11(16)14(20)15(3,18)13(12)17/h4-7,19H,1-3H3. The van der Waals surface area contributed by atoms with Crippen molar-refractivity contribution in [3.63, 3.8) is 0 Å². The van der Waals surface area contributed by atoms with E-state index < -0.39 is 20.7 Å². The molecule has 124 valence electrons. The van der Waals surface area contributed by atoms with Gasteiger partial charge in [0.1, 0.15) is 4.87 Å². The highest BCUT2D eigenvalue weighted by molar-refractivity contribution is 7.89. The Hall–Kier alpha value is -1.01. The van der Waals surface area contributed by atoms with Crippen LogP contribution < -0.4 is 4.72 Å². The molecule has 1 unspecified atom stereocenters. The van der Waals surface area contributed by atoms with Crippen molar-refractivity contribution in [1.82, 2.24) is 4.72 Å². The molecule has 0 spiro atoms. The Morgan fingerprint density at radius 3 is 2.13 bits per heavy atom. The summed E-state index contributed by atoms with van der Waals surface area (Å²) in [4.78, 5) is 10.5. The summed E-state index contributed by atoms with van der Waals surface area (Å²) in [5.74, 6) is -0.568. The molecule has 0 saturated heterocycles. The second kappa shape index (κ2) is 6.13. The highest BCUT2D eigenvalue weighted by Gasteiger charge is 2.43. The fourth-order valence-electron chi connectivity index (χ4n) is 2.02. The van der Waals surface area contributed by atoms with Crippen molar-refractivity contribution >= 4 is 50.6 Å². The molecule has 0 fully saturated rings. The minimum atomic E-state index is -3.89. The molecule has 1 atom stereocenters. The van der Waals surface area contributed by atoms with Gasteiger partial charge in [-0.15, -0.1) is 11.6 Å². The van der Waals surface area contributed by atoms with Crippen LogP contribution in [0.4, 0.5) is 0 Å². The first kappa shape index (κ1) is 18.3. The van der Waals surface area contributed by atoms with Crippen molar-refractivity contribution in [2.75, 3.05) is 0 Å². The third-order valence-corrected chi connectivity index (χ3v) is 6.37. The molecule has 1 aliphatic carbocycles. The van der Waals surface area contributed by atoms with Crippen LogP contribution in [0, 0.1) is 6.92 Å². The molecule has 0 aliphatic heterocycles. The Balaban J connectivity index is 2.51.